The zero-order valence-electron chi connectivity index (χ0n) is 16.7. The van der Waals surface area contributed by atoms with Gasteiger partial charge in [0, 0.05) is 18.8 Å². The summed E-state index contributed by atoms with van der Waals surface area (Å²) in [5.41, 5.74) is 1.89. The van der Waals surface area contributed by atoms with Crippen molar-refractivity contribution < 1.29 is 27.5 Å². The van der Waals surface area contributed by atoms with Gasteiger partial charge in [0.2, 0.25) is 0 Å². The number of aryl methyl sites for hydroxylation is 1. The topological polar surface area (TPSA) is 58.6 Å². The number of hydrogen-bond acceptors (Lipinski definition) is 3. The molecule has 0 aliphatic carbocycles. The minimum atomic E-state index is -4.93. The standard InChI is InChI=1S/C21H22BrF3N2O3/c1-4-27(20(29)21(23,24)25)12-15-6-5-7-16(11-15)26-19(28)14(3)30-18-9-8-13(2)10-17(18)22/h5-11,14H,4,12H2,1-3H3,(H,26,28). The van der Waals surface area contributed by atoms with Crippen LogP contribution in [0.15, 0.2) is 46.9 Å². The average molecular weight is 487 g/mol. The van der Waals surface area contributed by atoms with Gasteiger partial charge in [-0.3, -0.25) is 9.59 Å². The van der Waals surface area contributed by atoms with E-state index in [-0.39, 0.29) is 13.1 Å². The first-order valence-corrected chi connectivity index (χ1v) is 9.99. The highest BCUT2D eigenvalue weighted by Crippen LogP contribution is 2.27. The van der Waals surface area contributed by atoms with Gasteiger partial charge in [0.15, 0.2) is 6.10 Å². The lowest BCUT2D eigenvalue weighted by atomic mass is 10.1. The van der Waals surface area contributed by atoms with Crippen LogP contribution in [0.5, 0.6) is 5.75 Å². The van der Waals surface area contributed by atoms with Gasteiger partial charge in [-0.25, -0.2) is 0 Å². The van der Waals surface area contributed by atoms with E-state index in [1.54, 1.807) is 31.2 Å². The first-order chi connectivity index (χ1) is 14.0. The van der Waals surface area contributed by atoms with Crippen molar-refractivity contribution in [3.8, 4) is 5.75 Å². The van der Waals surface area contributed by atoms with E-state index in [1.165, 1.54) is 13.0 Å². The SMILES string of the molecule is CCN(Cc1cccc(NC(=O)C(C)Oc2ccc(C)cc2Br)c1)C(=O)C(F)(F)F. The van der Waals surface area contributed by atoms with Crippen molar-refractivity contribution >= 4 is 33.4 Å². The molecule has 9 heteroatoms. The van der Waals surface area contributed by atoms with Crippen molar-refractivity contribution in [3.05, 3.63) is 58.1 Å². The number of halogens is 4. The van der Waals surface area contributed by atoms with Crippen LogP contribution in [0.1, 0.15) is 25.0 Å². The van der Waals surface area contributed by atoms with E-state index in [2.05, 4.69) is 21.2 Å². The largest absolute Gasteiger partial charge is 0.480 e. The van der Waals surface area contributed by atoms with Gasteiger partial charge in [-0.2, -0.15) is 13.2 Å². The summed E-state index contributed by atoms with van der Waals surface area (Å²) >= 11 is 3.39. The maximum Gasteiger partial charge on any atom is 0.471 e. The normalized spacial score (nSPS) is 12.2. The summed E-state index contributed by atoms with van der Waals surface area (Å²) in [4.78, 5) is 24.6. The Hall–Kier alpha value is -2.55. The number of nitrogens with zero attached hydrogens (tertiary/aromatic N) is 1. The molecule has 1 atom stereocenters. The molecule has 1 unspecified atom stereocenters. The number of rotatable bonds is 7. The Morgan fingerprint density at radius 1 is 1.20 bits per heavy atom. The first kappa shape index (κ1) is 23.7. The van der Waals surface area contributed by atoms with Crippen molar-refractivity contribution in [2.24, 2.45) is 0 Å². The third-order valence-electron chi connectivity index (χ3n) is 4.24. The predicted molar refractivity (Wildman–Crippen MR) is 111 cm³/mol. The van der Waals surface area contributed by atoms with E-state index in [0.29, 0.717) is 21.9 Å². The van der Waals surface area contributed by atoms with E-state index in [0.717, 1.165) is 10.0 Å². The Labute approximate surface area is 181 Å². The summed E-state index contributed by atoms with van der Waals surface area (Å²) in [6, 6.07) is 11.8. The number of nitrogens with one attached hydrogen (secondary N) is 1. The molecule has 0 aromatic heterocycles. The highest BCUT2D eigenvalue weighted by Gasteiger charge is 2.41. The van der Waals surface area contributed by atoms with E-state index in [4.69, 9.17) is 4.74 Å². The molecule has 30 heavy (non-hydrogen) atoms. The van der Waals surface area contributed by atoms with Crippen molar-refractivity contribution in [3.63, 3.8) is 0 Å². The molecule has 162 valence electrons. The quantitative estimate of drug-likeness (QED) is 0.593. The number of carbonyl (C=O) groups is 2. The summed E-state index contributed by atoms with van der Waals surface area (Å²) in [6.45, 7) is 4.68. The van der Waals surface area contributed by atoms with Gasteiger partial charge in [-0.15, -0.1) is 0 Å². The summed E-state index contributed by atoms with van der Waals surface area (Å²) in [7, 11) is 0. The number of amides is 2. The molecule has 5 nitrogen and oxygen atoms in total. The van der Waals surface area contributed by atoms with Gasteiger partial charge in [0.25, 0.3) is 5.91 Å². The van der Waals surface area contributed by atoms with Crippen LogP contribution in [0.4, 0.5) is 18.9 Å². The smallest absolute Gasteiger partial charge is 0.471 e. The highest BCUT2D eigenvalue weighted by atomic mass is 79.9. The number of ether oxygens (including phenoxy) is 1. The molecule has 2 aromatic carbocycles. The van der Waals surface area contributed by atoms with E-state index in [1.807, 2.05) is 19.1 Å². The Morgan fingerprint density at radius 3 is 2.50 bits per heavy atom. The van der Waals surface area contributed by atoms with Gasteiger partial charge in [-0.05, 0) is 72.1 Å². The lowest BCUT2D eigenvalue weighted by molar-refractivity contribution is -0.185. The predicted octanol–water partition coefficient (Wildman–Crippen LogP) is 5.07. The van der Waals surface area contributed by atoms with Crippen LogP contribution < -0.4 is 10.1 Å². The maximum atomic E-state index is 12.7. The molecule has 0 saturated carbocycles. The zero-order valence-corrected chi connectivity index (χ0v) is 18.3. The number of carbonyl (C=O) groups excluding carboxylic acids is 2. The fourth-order valence-corrected chi connectivity index (χ4v) is 3.25. The van der Waals surface area contributed by atoms with Crippen LogP contribution in [-0.4, -0.2) is 35.5 Å². The van der Waals surface area contributed by atoms with Gasteiger partial charge >= 0.3 is 12.1 Å². The molecule has 0 bridgehead atoms. The van der Waals surface area contributed by atoms with E-state index < -0.39 is 24.1 Å². The molecule has 0 aliphatic rings. The summed E-state index contributed by atoms with van der Waals surface area (Å²) in [5.74, 6) is -1.80. The van der Waals surface area contributed by atoms with Crippen LogP contribution in [-0.2, 0) is 16.1 Å². The van der Waals surface area contributed by atoms with E-state index >= 15 is 0 Å². The highest BCUT2D eigenvalue weighted by molar-refractivity contribution is 9.10. The molecule has 0 heterocycles. The Balaban J connectivity index is 2.04. The summed E-state index contributed by atoms with van der Waals surface area (Å²) in [6.07, 6.45) is -5.75. The number of hydrogen-bond donors (Lipinski definition) is 1. The second-order valence-electron chi connectivity index (χ2n) is 6.70. The molecule has 0 spiro atoms. The van der Waals surface area contributed by atoms with Crippen molar-refractivity contribution in [2.75, 3.05) is 11.9 Å². The average Bonchev–Trinajstić information content (AvgIpc) is 2.67. The second kappa shape index (κ2) is 9.97. The van der Waals surface area contributed by atoms with Crippen LogP contribution in [0, 0.1) is 6.92 Å². The van der Waals surface area contributed by atoms with Gasteiger partial charge in [0.05, 0.1) is 4.47 Å². The molecule has 2 aromatic rings. The molecular weight excluding hydrogens is 465 g/mol. The summed E-state index contributed by atoms with van der Waals surface area (Å²) < 4.78 is 44.5. The molecule has 0 aliphatic heterocycles. The fraction of sp³-hybridized carbons (Fsp3) is 0.333. The number of alkyl halides is 3. The van der Waals surface area contributed by atoms with Crippen LogP contribution in [0.25, 0.3) is 0 Å². The van der Waals surface area contributed by atoms with Crippen LogP contribution >= 0.6 is 15.9 Å². The second-order valence-corrected chi connectivity index (χ2v) is 7.56. The number of anilines is 1. The molecule has 0 radical (unpaired) electrons. The lowest BCUT2D eigenvalue weighted by Crippen LogP contribution is -2.40. The zero-order chi connectivity index (χ0) is 22.5. The number of benzene rings is 2. The maximum absolute atomic E-state index is 12.7. The van der Waals surface area contributed by atoms with Gasteiger partial charge in [0.1, 0.15) is 5.75 Å². The van der Waals surface area contributed by atoms with Crippen LogP contribution in [0.2, 0.25) is 0 Å². The third kappa shape index (κ3) is 6.48. The van der Waals surface area contributed by atoms with E-state index in [9.17, 15) is 22.8 Å². The molecule has 0 fully saturated rings. The minimum Gasteiger partial charge on any atom is -0.480 e. The van der Waals surface area contributed by atoms with Crippen molar-refractivity contribution in [2.45, 2.75) is 39.6 Å². The fourth-order valence-electron chi connectivity index (χ4n) is 2.66. The van der Waals surface area contributed by atoms with Crippen molar-refractivity contribution in [1.29, 1.82) is 0 Å². The van der Waals surface area contributed by atoms with Crippen LogP contribution in [0.3, 0.4) is 0 Å². The lowest BCUT2D eigenvalue weighted by Gasteiger charge is -2.22. The monoisotopic (exact) mass is 486 g/mol. The van der Waals surface area contributed by atoms with Gasteiger partial charge < -0.3 is 15.0 Å². The Morgan fingerprint density at radius 2 is 1.90 bits per heavy atom. The molecule has 0 saturated heterocycles. The molecule has 2 amide bonds. The molecule has 1 N–H and O–H groups in total. The van der Waals surface area contributed by atoms with Gasteiger partial charge in [-0.1, -0.05) is 18.2 Å². The first-order valence-electron chi connectivity index (χ1n) is 9.20. The Kier molecular flexibility index (Phi) is 7.89. The molecular formula is C21H22BrF3N2O3. The van der Waals surface area contributed by atoms with Crippen molar-refractivity contribution in [1.82, 2.24) is 4.90 Å². The summed E-state index contributed by atoms with van der Waals surface area (Å²) in [5, 5.41) is 2.68. The molecule has 2 rings (SSSR count). The third-order valence-corrected chi connectivity index (χ3v) is 4.86. The Bertz CT molecular complexity index is 919. The minimum absolute atomic E-state index is 0.0920.